The molecule has 18 heavy (non-hydrogen) atoms. The third kappa shape index (κ3) is 3.03. The fraction of sp³-hybridized carbons (Fsp3) is 0.600. The molecule has 0 amide bonds. The van der Waals surface area contributed by atoms with Crippen molar-refractivity contribution in [1.82, 2.24) is 0 Å². The smallest absolute Gasteiger partial charge is 0.124 e. The van der Waals surface area contributed by atoms with Crippen LogP contribution < -0.4 is 10.5 Å². The Morgan fingerprint density at radius 2 is 2.06 bits per heavy atom. The minimum absolute atomic E-state index is 0.0566. The first-order valence-electron chi connectivity index (χ1n) is 6.71. The molecule has 0 bridgehead atoms. The Hall–Kier alpha value is -1.06. The van der Waals surface area contributed by atoms with Gasteiger partial charge in [-0.05, 0) is 38.3 Å². The van der Waals surface area contributed by atoms with Gasteiger partial charge in [-0.2, -0.15) is 0 Å². The van der Waals surface area contributed by atoms with Gasteiger partial charge in [-0.15, -0.1) is 0 Å². The maximum atomic E-state index is 10.3. The molecule has 1 fully saturated rings. The average Bonchev–Trinajstić information content (AvgIpc) is 2.74. The van der Waals surface area contributed by atoms with Gasteiger partial charge in [0.2, 0.25) is 0 Å². The van der Waals surface area contributed by atoms with Crippen LogP contribution >= 0.6 is 0 Å². The summed E-state index contributed by atoms with van der Waals surface area (Å²) in [5.41, 5.74) is 7.45. The molecule has 1 aromatic rings. The highest BCUT2D eigenvalue weighted by Crippen LogP contribution is 2.32. The molecular formula is C15H23NO2. The quantitative estimate of drug-likeness (QED) is 0.862. The number of rotatable bonds is 4. The van der Waals surface area contributed by atoms with Crippen LogP contribution in [0.4, 0.5) is 0 Å². The number of nitrogens with two attached hydrogens (primary N) is 1. The van der Waals surface area contributed by atoms with E-state index in [0.29, 0.717) is 6.61 Å². The molecule has 0 unspecified atom stereocenters. The van der Waals surface area contributed by atoms with E-state index in [1.54, 1.807) is 0 Å². The van der Waals surface area contributed by atoms with E-state index in [-0.39, 0.29) is 6.04 Å². The highest BCUT2D eigenvalue weighted by atomic mass is 16.5. The average molecular weight is 249 g/mol. The van der Waals surface area contributed by atoms with E-state index in [1.165, 1.54) is 0 Å². The van der Waals surface area contributed by atoms with Gasteiger partial charge in [-0.25, -0.2) is 0 Å². The molecule has 0 spiro atoms. The van der Waals surface area contributed by atoms with Crippen molar-refractivity contribution in [3.05, 3.63) is 29.3 Å². The third-order valence-corrected chi connectivity index (χ3v) is 3.69. The molecule has 0 heterocycles. The molecule has 1 aliphatic rings. The van der Waals surface area contributed by atoms with Crippen LogP contribution in [0.2, 0.25) is 0 Å². The number of ether oxygens (including phenoxy) is 1. The Morgan fingerprint density at radius 1 is 1.39 bits per heavy atom. The van der Waals surface area contributed by atoms with Crippen LogP contribution in [0, 0.1) is 6.92 Å². The maximum Gasteiger partial charge on any atom is 0.124 e. The second-order valence-electron chi connectivity index (χ2n) is 5.55. The minimum atomic E-state index is -0.640. The number of benzene rings is 1. The molecule has 3 N–H and O–H groups in total. The molecule has 0 radical (unpaired) electrons. The van der Waals surface area contributed by atoms with Crippen molar-refractivity contribution < 1.29 is 9.84 Å². The summed E-state index contributed by atoms with van der Waals surface area (Å²) in [6, 6.07) is 5.99. The summed E-state index contributed by atoms with van der Waals surface area (Å²) in [7, 11) is 0. The zero-order valence-electron chi connectivity index (χ0n) is 11.3. The monoisotopic (exact) mass is 249 g/mol. The van der Waals surface area contributed by atoms with Gasteiger partial charge in [0.25, 0.3) is 0 Å². The molecule has 0 aromatic heterocycles. The van der Waals surface area contributed by atoms with Crippen molar-refractivity contribution in [2.24, 2.45) is 5.73 Å². The molecule has 2 rings (SSSR count). The standard InChI is InChI=1S/C15H23NO2/c1-11-5-6-13(12(2)16)14(9-11)18-10-15(17)7-3-4-8-15/h5-6,9,12,17H,3-4,7-8,10,16H2,1-2H3/t12-/m1/s1. The van der Waals surface area contributed by atoms with E-state index in [0.717, 1.165) is 42.6 Å². The van der Waals surface area contributed by atoms with Crippen molar-refractivity contribution in [2.75, 3.05) is 6.61 Å². The Morgan fingerprint density at radius 3 is 2.67 bits per heavy atom. The molecule has 0 aliphatic heterocycles. The van der Waals surface area contributed by atoms with E-state index in [4.69, 9.17) is 10.5 Å². The Balaban J connectivity index is 2.10. The van der Waals surface area contributed by atoms with Crippen LogP contribution in [0.25, 0.3) is 0 Å². The van der Waals surface area contributed by atoms with Crippen LogP contribution in [-0.4, -0.2) is 17.3 Å². The van der Waals surface area contributed by atoms with Gasteiger partial charge >= 0.3 is 0 Å². The molecule has 3 nitrogen and oxygen atoms in total. The van der Waals surface area contributed by atoms with Gasteiger partial charge in [0.1, 0.15) is 12.4 Å². The van der Waals surface area contributed by atoms with E-state index in [9.17, 15) is 5.11 Å². The first-order chi connectivity index (χ1) is 8.50. The summed E-state index contributed by atoms with van der Waals surface area (Å²) in [4.78, 5) is 0. The SMILES string of the molecule is Cc1ccc([C@@H](C)N)c(OCC2(O)CCCC2)c1. The topological polar surface area (TPSA) is 55.5 Å². The molecule has 1 saturated carbocycles. The maximum absolute atomic E-state index is 10.3. The molecule has 3 heteroatoms. The summed E-state index contributed by atoms with van der Waals surface area (Å²) in [6.07, 6.45) is 3.86. The zero-order chi connectivity index (χ0) is 13.2. The van der Waals surface area contributed by atoms with Gasteiger partial charge in [0.15, 0.2) is 0 Å². The van der Waals surface area contributed by atoms with Crippen molar-refractivity contribution in [3.8, 4) is 5.75 Å². The van der Waals surface area contributed by atoms with Crippen LogP contribution in [0.15, 0.2) is 18.2 Å². The predicted octanol–water partition coefficient (Wildman–Crippen LogP) is 2.70. The third-order valence-electron chi connectivity index (χ3n) is 3.69. The van der Waals surface area contributed by atoms with Crippen LogP contribution in [0.1, 0.15) is 49.8 Å². The Kier molecular flexibility index (Phi) is 3.93. The molecule has 0 saturated heterocycles. The van der Waals surface area contributed by atoms with Gasteiger partial charge in [0.05, 0.1) is 5.60 Å². The van der Waals surface area contributed by atoms with Crippen LogP contribution in [0.3, 0.4) is 0 Å². The molecule has 1 aromatic carbocycles. The normalized spacial score (nSPS) is 19.8. The van der Waals surface area contributed by atoms with Crippen molar-refractivity contribution >= 4 is 0 Å². The first kappa shape index (κ1) is 13.4. The van der Waals surface area contributed by atoms with Crippen LogP contribution in [0.5, 0.6) is 5.75 Å². The summed E-state index contributed by atoms with van der Waals surface area (Å²) in [6.45, 7) is 4.35. The predicted molar refractivity (Wildman–Crippen MR) is 72.7 cm³/mol. The van der Waals surface area contributed by atoms with Crippen molar-refractivity contribution in [1.29, 1.82) is 0 Å². The van der Waals surface area contributed by atoms with E-state index in [2.05, 4.69) is 0 Å². The van der Waals surface area contributed by atoms with Crippen molar-refractivity contribution in [3.63, 3.8) is 0 Å². The highest BCUT2D eigenvalue weighted by Gasteiger charge is 2.32. The fourth-order valence-electron chi connectivity index (χ4n) is 2.53. The summed E-state index contributed by atoms with van der Waals surface area (Å²) in [5.74, 6) is 0.810. The summed E-state index contributed by atoms with van der Waals surface area (Å²) in [5, 5.41) is 10.3. The lowest BCUT2D eigenvalue weighted by Gasteiger charge is -2.24. The highest BCUT2D eigenvalue weighted by molar-refractivity contribution is 5.39. The number of hydrogen-bond acceptors (Lipinski definition) is 3. The number of aryl methyl sites for hydroxylation is 1. The second-order valence-corrected chi connectivity index (χ2v) is 5.55. The molecule has 100 valence electrons. The van der Waals surface area contributed by atoms with E-state index >= 15 is 0 Å². The summed E-state index contributed by atoms with van der Waals surface area (Å²) >= 11 is 0. The molecule has 1 aliphatic carbocycles. The molecular weight excluding hydrogens is 226 g/mol. The Labute approximate surface area is 109 Å². The second kappa shape index (κ2) is 5.29. The van der Waals surface area contributed by atoms with Crippen molar-refractivity contribution in [2.45, 2.75) is 51.2 Å². The van der Waals surface area contributed by atoms with Gasteiger partial charge < -0.3 is 15.6 Å². The lowest BCUT2D eigenvalue weighted by atomic mass is 10.0. The number of hydrogen-bond donors (Lipinski definition) is 2. The summed E-state index contributed by atoms with van der Waals surface area (Å²) < 4.78 is 5.84. The lowest BCUT2D eigenvalue weighted by Crippen LogP contribution is -2.32. The van der Waals surface area contributed by atoms with Crippen LogP contribution in [-0.2, 0) is 0 Å². The van der Waals surface area contributed by atoms with Gasteiger partial charge in [-0.3, -0.25) is 0 Å². The van der Waals surface area contributed by atoms with E-state index < -0.39 is 5.60 Å². The number of aliphatic hydroxyl groups is 1. The lowest BCUT2D eigenvalue weighted by molar-refractivity contribution is 0.00104. The minimum Gasteiger partial charge on any atom is -0.490 e. The van der Waals surface area contributed by atoms with E-state index in [1.807, 2.05) is 32.0 Å². The van der Waals surface area contributed by atoms with Gasteiger partial charge in [0, 0.05) is 11.6 Å². The fourth-order valence-corrected chi connectivity index (χ4v) is 2.53. The first-order valence-corrected chi connectivity index (χ1v) is 6.71. The zero-order valence-corrected chi connectivity index (χ0v) is 11.3. The molecule has 1 atom stereocenters. The van der Waals surface area contributed by atoms with Gasteiger partial charge in [-0.1, -0.05) is 25.0 Å². The largest absolute Gasteiger partial charge is 0.490 e. The Bertz CT molecular complexity index is 409.